The highest BCUT2D eigenvalue weighted by atomic mass is 79.9. The summed E-state index contributed by atoms with van der Waals surface area (Å²) < 4.78 is 8.40. The summed E-state index contributed by atoms with van der Waals surface area (Å²) >= 11 is 10.8. The second-order valence-corrected chi connectivity index (χ2v) is 9.68. The highest BCUT2D eigenvalue weighted by Gasteiger charge is 2.15. The van der Waals surface area contributed by atoms with Crippen LogP contribution < -0.4 is 10.1 Å². The van der Waals surface area contributed by atoms with Crippen LogP contribution in [0.15, 0.2) is 64.6 Å². The van der Waals surface area contributed by atoms with Gasteiger partial charge in [0.2, 0.25) is 0 Å². The number of hydrogen-bond acceptors (Lipinski definition) is 4. The van der Waals surface area contributed by atoms with Crippen molar-refractivity contribution in [3.63, 3.8) is 0 Å². The van der Waals surface area contributed by atoms with Crippen LogP contribution in [0, 0.1) is 13.8 Å². The Morgan fingerprint density at radius 1 is 1.16 bits per heavy atom. The van der Waals surface area contributed by atoms with E-state index in [1.165, 1.54) is 16.9 Å². The number of thiophene rings is 1. The van der Waals surface area contributed by atoms with Crippen LogP contribution in [-0.2, 0) is 13.2 Å². The van der Waals surface area contributed by atoms with E-state index in [4.69, 9.17) is 16.3 Å². The Balaban J connectivity index is 1.37. The van der Waals surface area contributed by atoms with Crippen LogP contribution in [0.2, 0.25) is 5.02 Å². The smallest absolute Gasteiger partial charge is 0.266 e. The van der Waals surface area contributed by atoms with E-state index in [1.807, 2.05) is 61.0 Å². The third kappa shape index (κ3) is 5.59. The molecule has 1 amide bonds. The number of amides is 1. The van der Waals surface area contributed by atoms with Crippen molar-refractivity contribution in [3.05, 3.63) is 96.7 Å². The van der Waals surface area contributed by atoms with Crippen LogP contribution in [-0.4, -0.2) is 15.7 Å². The lowest BCUT2D eigenvalue weighted by molar-refractivity contribution is 0.103. The second kappa shape index (κ2) is 9.90. The van der Waals surface area contributed by atoms with Gasteiger partial charge in [-0.15, -0.1) is 11.3 Å². The first-order valence-corrected chi connectivity index (χ1v) is 12.0. The lowest BCUT2D eigenvalue weighted by atomic mass is 10.1. The number of benzene rings is 2. The Labute approximate surface area is 204 Å². The molecular weight excluding hydrogens is 510 g/mol. The van der Waals surface area contributed by atoms with Gasteiger partial charge in [0.1, 0.15) is 12.4 Å². The Morgan fingerprint density at radius 2 is 1.94 bits per heavy atom. The van der Waals surface area contributed by atoms with Crippen molar-refractivity contribution in [3.8, 4) is 5.75 Å². The molecule has 0 fully saturated rings. The molecular formula is C24H21BrClN3O2S. The van der Waals surface area contributed by atoms with Gasteiger partial charge in [-0.05, 0) is 70.5 Å². The molecule has 0 saturated carbocycles. The molecule has 0 atom stereocenters. The number of ether oxygens (including phenoxy) is 1. The van der Waals surface area contributed by atoms with Crippen LogP contribution in [0.5, 0.6) is 5.75 Å². The largest absolute Gasteiger partial charge is 0.489 e. The van der Waals surface area contributed by atoms with E-state index in [2.05, 4.69) is 39.3 Å². The number of hydrogen-bond donors (Lipinski definition) is 1. The topological polar surface area (TPSA) is 56.1 Å². The maximum atomic E-state index is 12.7. The van der Waals surface area contributed by atoms with Gasteiger partial charge in [-0.1, -0.05) is 41.4 Å². The molecule has 0 bridgehead atoms. The van der Waals surface area contributed by atoms with Crippen LogP contribution in [0.1, 0.15) is 31.9 Å². The number of carbonyl (C=O) groups is 1. The first-order chi connectivity index (χ1) is 15.4. The van der Waals surface area contributed by atoms with Gasteiger partial charge in [-0.25, -0.2) is 0 Å². The summed E-state index contributed by atoms with van der Waals surface area (Å²) in [5.74, 6) is 1.12. The van der Waals surface area contributed by atoms with E-state index in [-0.39, 0.29) is 5.91 Å². The van der Waals surface area contributed by atoms with Crippen molar-refractivity contribution >= 4 is 50.6 Å². The van der Waals surface area contributed by atoms with Crippen molar-refractivity contribution in [2.75, 3.05) is 5.32 Å². The van der Waals surface area contributed by atoms with Crippen molar-refractivity contribution in [1.82, 2.24) is 9.78 Å². The number of halogens is 2. The summed E-state index contributed by atoms with van der Waals surface area (Å²) in [4.78, 5) is 13.3. The number of aryl methyl sites for hydroxylation is 2. The lowest BCUT2D eigenvalue weighted by Crippen LogP contribution is -2.11. The van der Waals surface area contributed by atoms with E-state index in [0.717, 1.165) is 26.9 Å². The minimum atomic E-state index is -0.204. The summed E-state index contributed by atoms with van der Waals surface area (Å²) in [7, 11) is 0. The van der Waals surface area contributed by atoms with Crippen LogP contribution in [0.25, 0.3) is 0 Å². The monoisotopic (exact) mass is 529 g/mol. The Bertz CT molecular complexity index is 1250. The standard InChI is InChI=1S/C24H21BrClN3O2S/c1-15-3-8-21(16(2)9-15)31-13-18-10-22(32-14-18)24(30)27-23-20(25)12-29(28-23)11-17-4-6-19(26)7-5-17/h3-10,12,14H,11,13H2,1-2H3,(H,27,28,30). The fraction of sp³-hybridized carbons (Fsp3) is 0.167. The number of anilines is 1. The van der Waals surface area contributed by atoms with Crippen molar-refractivity contribution in [2.24, 2.45) is 0 Å². The number of aromatic nitrogens is 2. The molecule has 0 unspecified atom stereocenters. The molecule has 4 aromatic rings. The quantitative estimate of drug-likeness (QED) is 0.284. The fourth-order valence-corrected chi connectivity index (χ4v) is 4.53. The first kappa shape index (κ1) is 22.6. The zero-order chi connectivity index (χ0) is 22.7. The van der Waals surface area contributed by atoms with Crippen LogP contribution >= 0.6 is 38.9 Å². The lowest BCUT2D eigenvalue weighted by Gasteiger charge is -2.08. The van der Waals surface area contributed by atoms with Gasteiger partial charge >= 0.3 is 0 Å². The predicted molar refractivity (Wildman–Crippen MR) is 133 cm³/mol. The van der Waals surface area contributed by atoms with E-state index >= 15 is 0 Å². The number of rotatable bonds is 7. The van der Waals surface area contributed by atoms with Gasteiger partial charge in [0, 0.05) is 16.8 Å². The average Bonchev–Trinajstić information content (AvgIpc) is 3.36. The maximum absolute atomic E-state index is 12.7. The zero-order valence-corrected chi connectivity index (χ0v) is 20.7. The van der Waals surface area contributed by atoms with Gasteiger partial charge < -0.3 is 10.1 Å². The molecule has 0 aliphatic heterocycles. The van der Waals surface area contributed by atoms with E-state index in [1.54, 1.807) is 4.68 Å². The fourth-order valence-electron chi connectivity index (χ4n) is 3.20. The van der Waals surface area contributed by atoms with Gasteiger partial charge in [0.05, 0.1) is 15.9 Å². The molecule has 164 valence electrons. The minimum Gasteiger partial charge on any atom is -0.489 e. The molecule has 1 N–H and O–H groups in total. The molecule has 2 heterocycles. The van der Waals surface area contributed by atoms with Gasteiger partial charge in [-0.2, -0.15) is 5.10 Å². The molecule has 2 aromatic heterocycles. The molecule has 32 heavy (non-hydrogen) atoms. The average molecular weight is 531 g/mol. The molecule has 4 rings (SSSR count). The molecule has 0 saturated heterocycles. The third-order valence-corrected chi connectivity index (χ3v) is 6.62. The maximum Gasteiger partial charge on any atom is 0.266 e. The molecule has 0 spiro atoms. The van der Waals surface area contributed by atoms with Gasteiger partial charge in [0.15, 0.2) is 5.82 Å². The van der Waals surface area contributed by atoms with Gasteiger partial charge in [0.25, 0.3) is 5.91 Å². The Kier molecular flexibility index (Phi) is 6.98. The second-order valence-electron chi connectivity index (χ2n) is 7.48. The van der Waals surface area contributed by atoms with Crippen molar-refractivity contribution in [1.29, 1.82) is 0 Å². The summed E-state index contributed by atoms with van der Waals surface area (Å²) in [6.45, 7) is 5.07. The van der Waals surface area contributed by atoms with Crippen LogP contribution in [0.3, 0.4) is 0 Å². The zero-order valence-electron chi connectivity index (χ0n) is 17.6. The molecule has 5 nitrogen and oxygen atoms in total. The van der Waals surface area contributed by atoms with Gasteiger partial charge in [-0.3, -0.25) is 9.48 Å². The molecule has 0 radical (unpaired) electrons. The van der Waals surface area contributed by atoms with Crippen LogP contribution in [0.4, 0.5) is 5.82 Å². The van der Waals surface area contributed by atoms with E-state index in [9.17, 15) is 4.79 Å². The summed E-state index contributed by atoms with van der Waals surface area (Å²) in [5, 5.41) is 9.98. The van der Waals surface area contributed by atoms with E-state index < -0.39 is 0 Å². The minimum absolute atomic E-state index is 0.204. The molecule has 8 heteroatoms. The molecule has 0 aliphatic carbocycles. The summed E-state index contributed by atoms with van der Waals surface area (Å²) in [6.07, 6.45) is 1.84. The molecule has 0 aliphatic rings. The predicted octanol–water partition coefficient (Wildman–Crippen LogP) is 6.86. The number of nitrogens with one attached hydrogen (secondary N) is 1. The third-order valence-electron chi connectivity index (χ3n) is 4.81. The number of carbonyl (C=O) groups excluding carboxylic acids is 1. The summed E-state index contributed by atoms with van der Waals surface area (Å²) in [6, 6.07) is 15.5. The highest BCUT2D eigenvalue weighted by molar-refractivity contribution is 9.10. The van der Waals surface area contributed by atoms with E-state index in [0.29, 0.717) is 28.9 Å². The normalized spacial score (nSPS) is 10.9. The SMILES string of the molecule is Cc1ccc(OCc2csc(C(=O)Nc3nn(Cc4ccc(Cl)cc4)cc3Br)c2)c(C)c1. The molecule has 2 aromatic carbocycles. The first-order valence-electron chi connectivity index (χ1n) is 9.93. The van der Waals surface area contributed by atoms with Crippen molar-refractivity contribution < 1.29 is 9.53 Å². The highest BCUT2D eigenvalue weighted by Crippen LogP contribution is 2.25. The summed E-state index contributed by atoms with van der Waals surface area (Å²) in [5.41, 5.74) is 4.31. The Morgan fingerprint density at radius 3 is 2.69 bits per heavy atom. The number of nitrogens with zero attached hydrogens (tertiary/aromatic N) is 2. The van der Waals surface area contributed by atoms with Crippen molar-refractivity contribution in [2.45, 2.75) is 27.0 Å². The Hall–Kier alpha value is -2.61.